The van der Waals surface area contributed by atoms with Crippen LogP contribution in [0.15, 0.2) is 24.3 Å². The van der Waals surface area contributed by atoms with Gasteiger partial charge in [0.2, 0.25) is 0 Å². The van der Waals surface area contributed by atoms with Crippen molar-refractivity contribution < 1.29 is 4.74 Å². The quantitative estimate of drug-likeness (QED) is 0.673. The fourth-order valence-corrected chi connectivity index (χ4v) is 2.12. The smallest absolute Gasteiger partial charge is 0.130 e. The lowest BCUT2D eigenvalue weighted by atomic mass is 10.0. The molecule has 0 aliphatic heterocycles. The van der Waals surface area contributed by atoms with Gasteiger partial charge in [0.1, 0.15) is 11.5 Å². The molecule has 0 heterocycles. The summed E-state index contributed by atoms with van der Waals surface area (Å²) in [5.41, 5.74) is 4.58. The molecule has 0 aliphatic carbocycles. The fraction of sp³-hybridized carbons (Fsp3) is 0.400. The van der Waals surface area contributed by atoms with Crippen LogP contribution in [-0.2, 0) is 0 Å². The van der Waals surface area contributed by atoms with Crippen LogP contribution in [-0.4, -0.2) is 0 Å². The highest BCUT2D eigenvalue weighted by molar-refractivity contribution is 5.44. The molecule has 21 heavy (non-hydrogen) atoms. The van der Waals surface area contributed by atoms with E-state index in [9.17, 15) is 0 Å². The Kier molecular flexibility index (Phi) is 4.72. The summed E-state index contributed by atoms with van der Waals surface area (Å²) in [5, 5.41) is 0. The summed E-state index contributed by atoms with van der Waals surface area (Å²) in [7, 11) is 0. The van der Waals surface area contributed by atoms with Crippen molar-refractivity contribution in [2.75, 3.05) is 0 Å². The minimum atomic E-state index is 0.448. The predicted octanol–water partition coefficient (Wildman–Crippen LogP) is 5.94. The van der Waals surface area contributed by atoms with E-state index in [1.54, 1.807) is 0 Å². The van der Waals surface area contributed by atoms with E-state index in [2.05, 4.69) is 65.8 Å². The number of rotatable bonds is 4. The Balaban J connectivity index is 2.37. The van der Waals surface area contributed by atoms with Gasteiger partial charge in [-0.3, -0.25) is 0 Å². The first kappa shape index (κ1) is 15.6. The minimum absolute atomic E-state index is 0.448. The molecule has 0 spiro atoms. The molecule has 0 unspecified atom stereocenters. The summed E-state index contributed by atoms with van der Waals surface area (Å²) in [6, 6.07) is 14.9. The van der Waals surface area contributed by atoms with E-state index in [0.29, 0.717) is 11.8 Å². The van der Waals surface area contributed by atoms with E-state index in [0.717, 1.165) is 22.6 Å². The van der Waals surface area contributed by atoms with Gasteiger partial charge in [0.25, 0.3) is 0 Å². The molecule has 1 heteroatoms. The van der Waals surface area contributed by atoms with Gasteiger partial charge in [0, 0.05) is 0 Å². The van der Waals surface area contributed by atoms with Gasteiger partial charge < -0.3 is 4.74 Å². The molecule has 0 N–H and O–H groups in total. The lowest BCUT2D eigenvalue weighted by Crippen LogP contribution is -1.96. The first-order chi connectivity index (χ1) is 9.88. The number of aryl methyl sites for hydroxylation is 2. The summed E-state index contributed by atoms with van der Waals surface area (Å²) in [6.07, 6.45) is 0. The lowest BCUT2D eigenvalue weighted by Gasteiger charge is -2.15. The molecule has 0 aromatic heterocycles. The Morgan fingerprint density at radius 1 is 0.762 bits per heavy atom. The molecule has 2 aromatic rings. The SMILES string of the molecule is Cc1c[c]c(C(C)C)cc1Oc1cc(C(C)C)[c]cc1C. The minimum Gasteiger partial charge on any atom is -0.457 e. The van der Waals surface area contributed by atoms with Crippen molar-refractivity contribution in [3.63, 3.8) is 0 Å². The van der Waals surface area contributed by atoms with E-state index >= 15 is 0 Å². The summed E-state index contributed by atoms with van der Waals surface area (Å²) in [4.78, 5) is 0. The van der Waals surface area contributed by atoms with Gasteiger partial charge >= 0.3 is 0 Å². The molecule has 0 bridgehead atoms. The van der Waals surface area contributed by atoms with Crippen LogP contribution in [0.1, 0.15) is 61.8 Å². The third-order valence-electron chi connectivity index (χ3n) is 3.73. The lowest BCUT2D eigenvalue weighted by molar-refractivity contribution is 0.473. The average molecular weight is 280 g/mol. The zero-order chi connectivity index (χ0) is 15.6. The van der Waals surface area contributed by atoms with E-state index in [1.165, 1.54) is 11.1 Å². The molecule has 0 atom stereocenters. The normalized spacial score (nSPS) is 11.2. The first-order valence-electron chi connectivity index (χ1n) is 7.60. The molecule has 2 radical (unpaired) electrons. The van der Waals surface area contributed by atoms with Crippen LogP contribution in [0.2, 0.25) is 0 Å². The molecule has 0 saturated carbocycles. The third-order valence-corrected chi connectivity index (χ3v) is 3.73. The molecule has 0 saturated heterocycles. The summed E-state index contributed by atoms with van der Waals surface area (Å²) >= 11 is 0. The zero-order valence-electron chi connectivity index (χ0n) is 13.9. The molecule has 0 amide bonds. The van der Waals surface area contributed by atoms with Crippen molar-refractivity contribution in [1.82, 2.24) is 0 Å². The molecule has 0 aliphatic rings. The molecular weight excluding hydrogens is 256 g/mol. The summed E-state index contributed by atoms with van der Waals surface area (Å²) < 4.78 is 6.18. The van der Waals surface area contributed by atoms with E-state index < -0.39 is 0 Å². The van der Waals surface area contributed by atoms with Crippen LogP contribution in [0, 0.1) is 26.0 Å². The second-order valence-corrected chi connectivity index (χ2v) is 6.28. The predicted molar refractivity (Wildman–Crippen MR) is 88.3 cm³/mol. The van der Waals surface area contributed by atoms with Gasteiger partial charge in [-0.2, -0.15) is 0 Å². The van der Waals surface area contributed by atoms with Crippen LogP contribution in [0.25, 0.3) is 0 Å². The van der Waals surface area contributed by atoms with Gasteiger partial charge in [-0.25, -0.2) is 0 Å². The molecule has 1 nitrogen and oxygen atoms in total. The van der Waals surface area contributed by atoms with Crippen LogP contribution in [0.4, 0.5) is 0 Å². The second-order valence-electron chi connectivity index (χ2n) is 6.28. The number of ether oxygens (including phenoxy) is 1. The van der Waals surface area contributed by atoms with Crippen molar-refractivity contribution in [2.24, 2.45) is 0 Å². The molecule has 110 valence electrons. The van der Waals surface area contributed by atoms with E-state index in [4.69, 9.17) is 4.74 Å². The first-order valence-corrected chi connectivity index (χ1v) is 7.60. The van der Waals surface area contributed by atoms with Crippen molar-refractivity contribution in [3.05, 3.63) is 58.7 Å². The van der Waals surface area contributed by atoms with Crippen LogP contribution < -0.4 is 4.74 Å². The van der Waals surface area contributed by atoms with Crippen molar-refractivity contribution in [3.8, 4) is 11.5 Å². The Morgan fingerprint density at radius 3 is 1.48 bits per heavy atom. The maximum atomic E-state index is 6.18. The number of benzene rings is 2. The molecule has 2 rings (SSSR count). The Morgan fingerprint density at radius 2 is 1.14 bits per heavy atom. The maximum absolute atomic E-state index is 6.18. The highest BCUT2D eigenvalue weighted by Gasteiger charge is 2.10. The number of hydrogen-bond donors (Lipinski definition) is 0. The van der Waals surface area contributed by atoms with Gasteiger partial charge in [-0.1, -0.05) is 27.7 Å². The van der Waals surface area contributed by atoms with Gasteiger partial charge in [0.05, 0.1) is 0 Å². The highest BCUT2D eigenvalue weighted by Crippen LogP contribution is 2.32. The highest BCUT2D eigenvalue weighted by atomic mass is 16.5. The Bertz CT molecular complexity index is 568. The van der Waals surface area contributed by atoms with Crippen LogP contribution in [0.3, 0.4) is 0 Å². The van der Waals surface area contributed by atoms with Crippen molar-refractivity contribution in [1.29, 1.82) is 0 Å². The van der Waals surface area contributed by atoms with E-state index in [-0.39, 0.29) is 0 Å². The summed E-state index contributed by atoms with van der Waals surface area (Å²) in [6.45, 7) is 12.8. The topological polar surface area (TPSA) is 9.23 Å². The maximum Gasteiger partial charge on any atom is 0.130 e. The van der Waals surface area contributed by atoms with Gasteiger partial charge in [-0.15, -0.1) is 0 Å². The molecular formula is C20H24O. The third kappa shape index (κ3) is 3.66. The van der Waals surface area contributed by atoms with Gasteiger partial charge in [-0.05, 0) is 84.3 Å². The summed E-state index contributed by atoms with van der Waals surface area (Å²) in [5.74, 6) is 2.73. The molecule has 0 fully saturated rings. The second kappa shape index (κ2) is 6.34. The Hall–Kier alpha value is -1.76. The number of hydrogen-bond acceptors (Lipinski definition) is 1. The van der Waals surface area contributed by atoms with Crippen LogP contribution in [0.5, 0.6) is 11.5 Å². The molecule has 2 aromatic carbocycles. The van der Waals surface area contributed by atoms with Crippen molar-refractivity contribution >= 4 is 0 Å². The largest absolute Gasteiger partial charge is 0.457 e. The Labute approximate surface area is 129 Å². The van der Waals surface area contributed by atoms with Crippen molar-refractivity contribution in [2.45, 2.75) is 53.4 Å². The monoisotopic (exact) mass is 280 g/mol. The average Bonchev–Trinajstić information content (AvgIpc) is 2.43. The van der Waals surface area contributed by atoms with E-state index in [1.807, 2.05) is 12.1 Å². The van der Waals surface area contributed by atoms with Gasteiger partial charge in [0.15, 0.2) is 0 Å². The fourth-order valence-electron chi connectivity index (χ4n) is 2.12. The zero-order valence-corrected chi connectivity index (χ0v) is 13.9. The standard InChI is InChI=1S/C20H24O/c1-13(2)17-9-7-15(5)19(11-17)21-20-12-18(14(3)4)10-8-16(20)6/h7-8,11-14H,1-6H3. The van der Waals surface area contributed by atoms with Crippen LogP contribution >= 0.6 is 0 Å².